The Morgan fingerprint density at radius 3 is 2.79 bits per heavy atom. The number of nitrogens with one attached hydrogen (secondary N) is 1. The standard InChI is InChI=1S/C21H26N4O3S/c1-15(18-10-6-13-28-18)22-19(26)14-29-21-23-17-9-5-4-8-16(17)20(27)25(21)12-7-11-24(2)3/h4-6,8-10,13,15H,7,11-12,14H2,1-3H3,(H,22,26)/t15-/m1/s1. The molecule has 7 nitrogen and oxygen atoms in total. The average Bonchev–Trinajstić information content (AvgIpc) is 3.23. The van der Waals surface area contributed by atoms with Gasteiger partial charge in [-0.1, -0.05) is 23.9 Å². The van der Waals surface area contributed by atoms with Crippen molar-refractivity contribution in [2.75, 3.05) is 26.4 Å². The summed E-state index contributed by atoms with van der Waals surface area (Å²) in [4.78, 5) is 32.1. The van der Waals surface area contributed by atoms with Crippen molar-refractivity contribution in [3.05, 3.63) is 58.8 Å². The minimum absolute atomic E-state index is 0.0683. The minimum atomic E-state index is -0.218. The molecule has 0 aliphatic heterocycles. The molecule has 0 aliphatic carbocycles. The number of aromatic nitrogens is 2. The fourth-order valence-electron chi connectivity index (χ4n) is 3.02. The van der Waals surface area contributed by atoms with Crippen LogP contribution in [0.1, 0.15) is 25.1 Å². The van der Waals surface area contributed by atoms with Crippen LogP contribution in [-0.4, -0.2) is 46.8 Å². The van der Waals surface area contributed by atoms with Crippen molar-refractivity contribution in [1.29, 1.82) is 0 Å². The highest BCUT2D eigenvalue weighted by Crippen LogP contribution is 2.19. The van der Waals surface area contributed by atoms with E-state index in [0.29, 0.717) is 28.4 Å². The Hall–Kier alpha value is -2.58. The van der Waals surface area contributed by atoms with Gasteiger partial charge in [0.1, 0.15) is 5.76 Å². The molecule has 1 aromatic carbocycles. The van der Waals surface area contributed by atoms with Gasteiger partial charge in [-0.25, -0.2) is 4.98 Å². The molecule has 3 rings (SSSR count). The van der Waals surface area contributed by atoms with Gasteiger partial charge in [-0.15, -0.1) is 0 Å². The third-order valence-electron chi connectivity index (χ3n) is 4.49. The summed E-state index contributed by atoms with van der Waals surface area (Å²) in [6.45, 7) is 3.29. The Labute approximate surface area is 174 Å². The van der Waals surface area contributed by atoms with E-state index < -0.39 is 0 Å². The Bertz CT molecular complexity index is 1010. The van der Waals surface area contributed by atoms with Gasteiger partial charge in [0.25, 0.3) is 5.56 Å². The second kappa shape index (κ2) is 9.76. The van der Waals surface area contributed by atoms with Crippen LogP contribution in [0.4, 0.5) is 0 Å². The monoisotopic (exact) mass is 414 g/mol. The molecule has 0 bridgehead atoms. The maximum absolute atomic E-state index is 13.0. The third-order valence-corrected chi connectivity index (χ3v) is 5.47. The summed E-state index contributed by atoms with van der Waals surface area (Å²) in [7, 11) is 4.00. The number of hydrogen-bond donors (Lipinski definition) is 1. The number of benzene rings is 1. The lowest BCUT2D eigenvalue weighted by Gasteiger charge is -2.15. The number of hydrogen-bond acceptors (Lipinski definition) is 6. The zero-order valence-corrected chi connectivity index (χ0v) is 17.7. The number of furan rings is 1. The summed E-state index contributed by atoms with van der Waals surface area (Å²) in [6.07, 6.45) is 2.40. The maximum Gasteiger partial charge on any atom is 0.262 e. The van der Waals surface area contributed by atoms with Crippen LogP contribution in [0.25, 0.3) is 10.9 Å². The van der Waals surface area contributed by atoms with Crippen molar-refractivity contribution in [3.63, 3.8) is 0 Å². The van der Waals surface area contributed by atoms with Crippen LogP contribution in [0.5, 0.6) is 0 Å². The van der Waals surface area contributed by atoms with Gasteiger partial charge in [0.15, 0.2) is 5.16 Å². The van der Waals surface area contributed by atoms with E-state index in [0.717, 1.165) is 13.0 Å². The van der Waals surface area contributed by atoms with Crippen LogP contribution in [0, 0.1) is 0 Å². The molecule has 1 N–H and O–H groups in total. The molecule has 29 heavy (non-hydrogen) atoms. The molecule has 2 heterocycles. The number of rotatable bonds is 9. The van der Waals surface area contributed by atoms with Crippen LogP contribution in [-0.2, 0) is 11.3 Å². The highest BCUT2D eigenvalue weighted by atomic mass is 32.2. The Morgan fingerprint density at radius 1 is 1.28 bits per heavy atom. The summed E-state index contributed by atoms with van der Waals surface area (Å²) in [6, 6.07) is 10.7. The summed E-state index contributed by atoms with van der Waals surface area (Å²) >= 11 is 1.28. The molecular weight excluding hydrogens is 388 g/mol. The molecule has 2 aromatic heterocycles. The van der Waals surface area contributed by atoms with Gasteiger partial charge in [0.05, 0.1) is 29.0 Å². The van der Waals surface area contributed by atoms with E-state index in [1.807, 2.05) is 45.3 Å². The van der Waals surface area contributed by atoms with Gasteiger partial charge in [-0.3, -0.25) is 14.2 Å². The van der Waals surface area contributed by atoms with E-state index in [2.05, 4.69) is 15.2 Å². The molecule has 0 aliphatic rings. The van der Waals surface area contributed by atoms with E-state index in [4.69, 9.17) is 4.42 Å². The summed E-state index contributed by atoms with van der Waals surface area (Å²) in [5.74, 6) is 0.734. The fourth-order valence-corrected chi connectivity index (χ4v) is 3.86. The lowest BCUT2D eigenvalue weighted by atomic mass is 10.2. The normalized spacial score (nSPS) is 12.4. The predicted molar refractivity (Wildman–Crippen MR) is 115 cm³/mol. The predicted octanol–water partition coefficient (Wildman–Crippen LogP) is 2.91. The number of carbonyl (C=O) groups is 1. The third kappa shape index (κ3) is 5.48. The molecular formula is C21H26N4O3S. The average molecular weight is 415 g/mol. The van der Waals surface area contributed by atoms with Gasteiger partial charge in [-0.05, 0) is 58.3 Å². The lowest BCUT2D eigenvalue weighted by Crippen LogP contribution is -2.29. The van der Waals surface area contributed by atoms with Gasteiger partial charge < -0.3 is 14.6 Å². The van der Waals surface area contributed by atoms with Gasteiger partial charge in [0.2, 0.25) is 5.91 Å². The van der Waals surface area contributed by atoms with Crippen LogP contribution in [0.15, 0.2) is 57.0 Å². The number of carbonyl (C=O) groups excluding carboxylic acids is 1. The SMILES string of the molecule is C[C@@H](NC(=O)CSc1nc2ccccc2c(=O)n1CCCN(C)C)c1ccco1. The van der Waals surface area contributed by atoms with E-state index in [-0.39, 0.29) is 23.3 Å². The van der Waals surface area contributed by atoms with Crippen LogP contribution in [0.2, 0.25) is 0 Å². The van der Waals surface area contributed by atoms with Crippen molar-refractivity contribution < 1.29 is 9.21 Å². The number of thioether (sulfide) groups is 1. The zero-order chi connectivity index (χ0) is 20.8. The van der Waals surface area contributed by atoms with Crippen molar-refractivity contribution in [3.8, 4) is 0 Å². The van der Waals surface area contributed by atoms with Crippen molar-refractivity contribution in [2.24, 2.45) is 0 Å². The molecule has 0 fully saturated rings. The quantitative estimate of drug-likeness (QED) is 0.428. The van der Waals surface area contributed by atoms with Crippen molar-refractivity contribution >= 4 is 28.6 Å². The van der Waals surface area contributed by atoms with E-state index in [1.165, 1.54) is 11.8 Å². The molecule has 1 atom stereocenters. The largest absolute Gasteiger partial charge is 0.467 e. The topological polar surface area (TPSA) is 80.4 Å². The number of amides is 1. The highest BCUT2D eigenvalue weighted by molar-refractivity contribution is 7.99. The molecule has 0 spiro atoms. The van der Waals surface area contributed by atoms with E-state index >= 15 is 0 Å². The summed E-state index contributed by atoms with van der Waals surface area (Å²) in [5, 5.41) is 4.06. The van der Waals surface area contributed by atoms with Crippen molar-refractivity contribution in [2.45, 2.75) is 31.1 Å². The number of para-hydroxylation sites is 1. The molecule has 0 saturated carbocycles. The number of nitrogens with zero attached hydrogens (tertiary/aromatic N) is 3. The fraction of sp³-hybridized carbons (Fsp3) is 0.381. The maximum atomic E-state index is 13.0. The highest BCUT2D eigenvalue weighted by Gasteiger charge is 2.15. The Morgan fingerprint density at radius 2 is 2.07 bits per heavy atom. The molecule has 0 unspecified atom stereocenters. The lowest BCUT2D eigenvalue weighted by molar-refractivity contribution is -0.119. The smallest absolute Gasteiger partial charge is 0.262 e. The van der Waals surface area contributed by atoms with Gasteiger partial charge in [0, 0.05) is 6.54 Å². The van der Waals surface area contributed by atoms with Crippen LogP contribution in [0.3, 0.4) is 0 Å². The van der Waals surface area contributed by atoms with Crippen LogP contribution < -0.4 is 10.9 Å². The first-order valence-corrected chi connectivity index (χ1v) is 10.5. The van der Waals surface area contributed by atoms with Crippen molar-refractivity contribution in [1.82, 2.24) is 19.8 Å². The molecule has 154 valence electrons. The van der Waals surface area contributed by atoms with E-state index in [9.17, 15) is 9.59 Å². The van der Waals surface area contributed by atoms with Gasteiger partial charge >= 0.3 is 0 Å². The first kappa shape index (κ1) is 21.1. The second-order valence-corrected chi connectivity index (χ2v) is 8.06. The molecule has 3 aromatic rings. The molecule has 0 radical (unpaired) electrons. The number of fused-ring (bicyclic) bond motifs is 1. The van der Waals surface area contributed by atoms with Crippen LogP contribution >= 0.6 is 11.8 Å². The first-order valence-electron chi connectivity index (χ1n) is 9.55. The Balaban J connectivity index is 1.75. The molecule has 8 heteroatoms. The molecule has 1 amide bonds. The first-order chi connectivity index (χ1) is 14.0. The minimum Gasteiger partial charge on any atom is -0.467 e. The molecule has 0 saturated heterocycles. The summed E-state index contributed by atoms with van der Waals surface area (Å²) < 4.78 is 7.00. The summed E-state index contributed by atoms with van der Waals surface area (Å²) in [5.41, 5.74) is 0.578. The Kier molecular flexibility index (Phi) is 7.11. The second-order valence-electron chi connectivity index (χ2n) is 7.12. The van der Waals surface area contributed by atoms with Gasteiger partial charge in [-0.2, -0.15) is 0 Å². The van der Waals surface area contributed by atoms with E-state index in [1.54, 1.807) is 23.0 Å². The zero-order valence-electron chi connectivity index (χ0n) is 16.9.